The van der Waals surface area contributed by atoms with Gasteiger partial charge < -0.3 is 10.2 Å². The summed E-state index contributed by atoms with van der Waals surface area (Å²) in [5.74, 6) is -0.309. The first-order valence-corrected chi connectivity index (χ1v) is 11.3. The van der Waals surface area contributed by atoms with Crippen molar-refractivity contribution in [2.24, 2.45) is 5.41 Å². The summed E-state index contributed by atoms with van der Waals surface area (Å²) in [6.45, 7) is 3.36. The molecular formula is C27H28FN3O2. The Morgan fingerprint density at radius 3 is 2.61 bits per heavy atom. The molecule has 0 saturated carbocycles. The Kier molecular flexibility index (Phi) is 6.82. The normalized spacial score (nSPS) is 17.7. The van der Waals surface area contributed by atoms with E-state index in [1.165, 1.54) is 12.1 Å². The zero-order valence-corrected chi connectivity index (χ0v) is 18.8. The summed E-state index contributed by atoms with van der Waals surface area (Å²) >= 11 is 0. The van der Waals surface area contributed by atoms with Gasteiger partial charge in [-0.1, -0.05) is 42.5 Å². The Hall–Kier alpha value is -3.54. The van der Waals surface area contributed by atoms with Crippen LogP contribution in [0.2, 0.25) is 0 Å². The second-order valence-electron chi connectivity index (χ2n) is 8.59. The standard InChI is InChI=1S/C27H28FN3O2/c1-2-29-26(33)27(13-15-31(19-27)25(32)17-24-8-3-4-14-30-24)18-20-6-5-7-22(16-20)21-9-11-23(28)12-10-21/h3-12,14,16H,2,13,15,17-19H2,1H3,(H,29,33)/t27-/m1/s1. The predicted octanol–water partition coefficient (Wildman–Crippen LogP) is 4.03. The quantitative estimate of drug-likeness (QED) is 0.597. The highest BCUT2D eigenvalue weighted by Crippen LogP contribution is 2.36. The maximum absolute atomic E-state index is 13.3. The number of rotatable bonds is 7. The van der Waals surface area contributed by atoms with E-state index in [4.69, 9.17) is 0 Å². The smallest absolute Gasteiger partial charge is 0.228 e. The molecule has 2 amide bonds. The molecule has 0 radical (unpaired) electrons. The minimum absolute atomic E-state index is 0.0139. The minimum Gasteiger partial charge on any atom is -0.356 e. The molecule has 1 atom stereocenters. The Labute approximate surface area is 193 Å². The minimum atomic E-state index is -0.683. The molecule has 1 aromatic heterocycles. The van der Waals surface area contributed by atoms with Gasteiger partial charge >= 0.3 is 0 Å². The zero-order chi connectivity index (χ0) is 23.3. The summed E-state index contributed by atoms with van der Waals surface area (Å²) < 4.78 is 13.3. The van der Waals surface area contributed by atoms with Crippen LogP contribution in [0.1, 0.15) is 24.6 Å². The lowest BCUT2D eigenvalue weighted by molar-refractivity contribution is -0.132. The molecule has 1 fully saturated rings. The van der Waals surface area contributed by atoms with Crippen LogP contribution in [-0.2, 0) is 22.4 Å². The molecule has 0 aliphatic carbocycles. The molecule has 2 heterocycles. The highest BCUT2D eigenvalue weighted by atomic mass is 19.1. The Morgan fingerprint density at radius 1 is 1.06 bits per heavy atom. The second-order valence-corrected chi connectivity index (χ2v) is 8.59. The van der Waals surface area contributed by atoms with E-state index in [2.05, 4.69) is 10.3 Å². The molecule has 0 bridgehead atoms. The van der Waals surface area contributed by atoms with Crippen molar-refractivity contribution >= 4 is 11.8 Å². The van der Waals surface area contributed by atoms with E-state index >= 15 is 0 Å². The number of benzene rings is 2. The van der Waals surface area contributed by atoms with Crippen LogP contribution in [0.3, 0.4) is 0 Å². The van der Waals surface area contributed by atoms with Gasteiger partial charge in [-0.2, -0.15) is 0 Å². The Balaban J connectivity index is 1.54. The van der Waals surface area contributed by atoms with Crippen molar-refractivity contribution in [3.8, 4) is 11.1 Å². The van der Waals surface area contributed by atoms with Gasteiger partial charge in [0.2, 0.25) is 11.8 Å². The van der Waals surface area contributed by atoms with Crippen LogP contribution in [0.5, 0.6) is 0 Å². The van der Waals surface area contributed by atoms with Crippen molar-refractivity contribution in [3.63, 3.8) is 0 Å². The summed E-state index contributed by atoms with van der Waals surface area (Å²) in [5.41, 5.74) is 2.95. The molecule has 2 aromatic carbocycles. The van der Waals surface area contributed by atoms with E-state index in [9.17, 15) is 14.0 Å². The van der Waals surface area contributed by atoms with Crippen molar-refractivity contribution in [1.29, 1.82) is 0 Å². The van der Waals surface area contributed by atoms with Crippen LogP contribution in [0.15, 0.2) is 72.9 Å². The summed E-state index contributed by atoms with van der Waals surface area (Å²) in [7, 11) is 0. The van der Waals surface area contributed by atoms with Gasteiger partial charge in [0.25, 0.3) is 0 Å². The van der Waals surface area contributed by atoms with E-state index in [1.54, 1.807) is 23.2 Å². The third kappa shape index (κ3) is 5.28. The van der Waals surface area contributed by atoms with E-state index < -0.39 is 5.41 Å². The van der Waals surface area contributed by atoms with Gasteiger partial charge in [0, 0.05) is 31.5 Å². The topological polar surface area (TPSA) is 62.3 Å². The van der Waals surface area contributed by atoms with E-state index in [0.29, 0.717) is 32.5 Å². The first-order valence-electron chi connectivity index (χ1n) is 11.3. The first-order chi connectivity index (χ1) is 16.0. The molecule has 5 nitrogen and oxygen atoms in total. The number of aromatic nitrogens is 1. The van der Waals surface area contributed by atoms with Gasteiger partial charge in [0.15, 0.2) is 0 Å². The summed E-state index contributed by atoms with van der Waals surface area (Å²) in [6, 6.07) is 19.9. The molecule has 1 N–H and O–H groups in total. The molecule has 4 rings (SSSR count). The number of hydrogen-bond donors (Lipinski definition) is 1. The number of nitrogens with one attached hydrogen (secondary N) is 1. The molecule has 1 aliphatic rings. The van der Waals surface area contributed by atoms with Crippen molar-refractivity contribution in [3.05, 3.63) is 90.0 Å². The largest absolute Gasteiger partial charge is 0.356 e. The van der Waals surface area contributed by atoms with Crippen LogP contribution < -0.4 is 5.32 Å². The average molecular weight is 446 g/mol. The SMILES string of the molecule is CCNC(=O)[C@@]1(Cc2cccc(-c3ccc(F)cc3)c2)CCN(C(=O)Cc2ccccn2)C1. The van der Waals surface area contributed by atoms with Gasteiger partial charge in [0.05, 0.1) is 11.8 Å². The van der Waals surface area contributed by atoms with Gasteiger partial charge in [-0.15, -0.1) is 0 Å². The van der Waals surface area contributed by atoms with E-state index in [1.807, 2.05) is 49.4 Å². The molecule has 1 aliphatic heterocycles. The summed E-state index contributed by atoms with van der Waals surface area (Å²) in [5, 5.41) is 2.98. The van der Waals surface area contributed by atoms with Crippen LogP contribution in [0.4, 0.5) is 4.39 Å². The lowest BCUT2D eigenvalue weighted by atomic mass is 9.79. The number of likely N-dealkylation sites (tertiary alicyclic amines) is 1. The van der Waals surface area contributed by atoms with Gasteiger partial charge in [-0.25, -0.2) is 4.39 Å². The number of pyridine rings is 1. The molecule has 33 heavy (non-hydrogen) atoms. The number of carbonyl (C=O) groups excluding carboxylic acids is 2. The van der Waals surface area contributed by atoms with Gasteiger partial charge in [-0.05, 0) is 60.7 Å². The van der Waals surface area contributed by atoms with Crippen molar-refractivity contribution in [2.75, 3.05) is 19.6 Å². The maximum atomic E-state index is 13.3. The number of amides is 2. The fourth-order valence-corrected chi connectivity index (χ4v) is 4.51. The Morgan fingerprint density at radius 2 is 1.88 bits per heavy atom. The lowest BCUT2D eigenvalue weighted by Gasteiger charge is -2.28. The first kappa shape index (κ1) is 22.6. The zero-order valence-electron chi connectivity index (χ0n) is 18.8. The molecule has 1 saturated heterocycles. The van der Waals surface area contributed by atoms with Crippen LogP contribution >= 0.6 is 0 Å². The van der Waals surface area contributed by atoms with E-state index in [-0.39, 0.29) is 24.1 Å². The predicted molar refractivity (Wildman–Crippen MR) is 126 cm³/mol. The third-order valence-electron chi connectivity index (χ3n) is 6.23. The van der Waals surface area contributed by atoms with Crippen LogP contribution in [0.25, 0.3) is 11.1 Å². The highest BCUT2D eigenvalue weighted by molar-refractivity contribution is 5.86. The van der Waals surface area contributed by atoms with Gasteiger partial charge in [-0.3, -0.25) is 14.6 Å². The number of halogens is 1. The fourth-order valence-electron chi connectivity index (χ4n) is 4.51. The number of nitrogens with zero attached hydrogens (tertiary/aromatic N) is 2. The molecule has 0 spiro atoms. The van der Waals surface area contributed by atoms with Crippen LogP contribution in [0, 0.1) is 11.2 Å². The molecule has 3 aromatic rings. The number of carbonyl (C=O) groups is 2. The lowest BCUT2D eigenvalue weighted by Crippen LogP contribution is -2.45. The van der Waals surface area contributed by atoms with Crippen molar-refractivity contribution in [2.45, 2.75) is 26.2 Å². The van der Waals surface area contributed by atoms with Crippen molar-refractivity contribution < 1.29 is 14.0 Å². The summed E-state index contributed by atoms with van der Waals surface area (Å²) in [4.78, 5) is 32.2. The fraction of sp³-hybridized carbons (Fsp3) is 0.296. The Bertz CT molecular complexity index is 1120. The molecule has 170 valence electrons. The molecule has 0 unspecified atom stereocenters. The monoisotopic (exact) mass is 445 g/mol. The van der Waals surface area contributed by atoms with Crippen molar-refractivity contribution in [1.82, 2.24) is 15.2 Å². The molecule has 6 heteroatoms. The van der Waals surface area contributed by atoms with Crippen LogP contribution in [-0.4, -0.2) is 41.3 Å². The average Bonchev–Trinajstić information content (AvgIpc) is 3.26. The second kappa shape index (κ2) is 9.94. The third-order valence-corrected chi connectivity index (χ3v) is 6.23. The maximum Gasteiger partial charge on any atom is 0.228 e. The highest BCUT2D eigenvalue weighted by Gasteiger charge is 2.45. The van der Waals surface area contributed by atoms with E-state index in [0.717, 1.165) is 22.4 Å². The number of hydrogen-bond acceptors (Lipinski definition) is 3. The molecular weight excluding hydrogens is 417 g/mol. The van der Waals surface area contributed by atoms with Gasteiger partial charge in [0.1, 0.15) is 5.82 Å². The summed E-state index contributed by atoms with van der Waals surface area (Å²) in [6.07, 6.45) is 3.04.